The van der Waals surface area contributed by atoms with Crippen molar-refractivity contribution in [2.75, 3.05) is 13.1 Å². The maximum absolute atomic E-state index is 6.35. The van der Waals surface area contributed by atoms with E-state index in [2.05, 4.69) is 39.6 Å². The van der Waals surface area contributed by atoms with Gasteiger partial charge in [0.05, 0.1) is 10.4 Å². The molecule has 2 aliphatic rings. The van der Waals surface area contributed by atoms with E-state index in [1.807, 2.05) is 42.7 Å². The van der Waals surface area contributed by atoms with Gasteiger partial charge >= 0.3 is 0 Å². The molecule has 3 heterocycles. The molecule has 156 valence electrons. The number of aliphatic imine (C=N–C) groups is 1. The Bertz CT molecular complexity index is 1180. The lowest BCUT2D eigenvalue weighted by Crippen LogP contribution is -2.27. The fraction of sp³-hybridized carbons (Fsp3) is 0.200. The average molecular weight is 428 g/mol. The van der Waals surface area contributed by atoms with Crippen molar-refractivity contribution in [1.29, 1.82) is 0 Å². The summed E-state index contributed by atoms with van der Waals surface area (Å²) in [6.45, 7) is 2.20. The summed E-state index contributed by atoms with van der Waals surface area (Å²) in [5.41, 5.74) is 5.36. The third-order valence-electron chi connectivity index (χ3n) is 6.02. The first-order valence-corrected chi connectivity index (χ1v) is 11.0. The SMILES string of the molecule is NN1C=C(c2ccc(C3CCNCC3)cc2)C=N/C1=C(/S)c1ccnc2ccccc12. The second-order valence-electron chi connectivity index (χ2n) is 7.94. The van der Waals surface area contributed by atoms with Crippen LogP contribution in [0.2, 0.25) is 0 Å². The Balaban J connectivity index is 1.41. The standard InChI is InChI=1S/C25H25N5S/c26-30-16-20(18-7-5-17(6-8-18)19-9-12-27-13-10-19)15-29-25(30)24(31)22-11-14-28-23-4-2-1-3-21(22)23/h1-8,11,14-16,19,27,31H,9-10,12-13,26H2/b25-24-. The monoisotopic (exact) mass is 427 g/mol. The van der Waals surface area contributed by atoms with Gasteiger partial charge in [0.25, 0.3) is 0 Å². The minimum absolute atomic E-state index is 0.606. The van der Waals surface area contributed by atoms with Crippen LogP contribution in [0, 0.1) is 0 Å². The molecule has 0 atom stereocenters. The zero-order valence-corrected chi connectivity index (χ0v) is 18.1. The van der Waals surface area contributed by atoms with Crippen molar-refractivity contribution in [1.82, 2.24) is 15.3 Å². The molecule has 0 amide bonds. The summed E-state index contributed by atoms with van der Waals surface area (Å²) in [6.07, 6.45) is 7.94. The smallest absolute Gasteiger partial charge is 0.160 e. The van der Waals surface area contributed by atoms with Crippen LogP contribution in [0.4, 0.5) is 0 Å². The predicted molar refractivity (Wildman–Crippen MR) is 131 cm³/mol. The Morgan fingerprint density at radius 1 is 1.03 bits per heavy atom. The average Bonchev–Trinajstić information content (AvgIpc) is 2.84. The number of para-hydroxylation sites is 1. The second-order valence-corrected chi connectivity index (χ2v) is 8.39. The molecule has 0 radical (unpaired) electrons. The van der Waals surface area contributed by atoms with Crippen LogP contribution in [-0.4, -0.2) is 29.3 Å². The van der Waals surface area contributed by atoms with Crippen molar-refractivity contribution in [3.05, 3.63) is 89.5 Å². The van der Waals surface area contributed by atoms with E-state index in [1.54, 1.807) is 11.2 Å². The summed E-state index contributed by atoms with van der Waals surface area (Å²) in [5.74, 6) is 7.60. The van der Waals surface area contributed by atoms with E-state index in [0.717, 1.165) is 40.7 Å². The molecule has 5 rings (SSSR count). The highest BCUT2D eigenvalue weighted by Crippen LogP contribution is 2.32. The van der Waals surface area contributed by atoms with Gasteiger partial charge in [-0.1, -0.05) is 42.5 Å². The van der Waals surface area contributed by atoms with Crippen molar-refractivity contribution < 1.29 is 0 Å². The van der Waals surface area contributed by atoms with Gasteiger partial charge in [-0.05, 0) is 55.1 Å². The Kier molecular flexibility index (Phi) is 5.59. The Morgan fingerprint density at radius 2 is 1.81 bits per heavy atom. The molecule has 0 aliphatic carbocycles. The van der Waals surface area contributed by atoms with Gasteiger partial charge in [-0.25, -0.2) is 10.8 Å². The van der Waals surface area contributed by atoms with Crippen LogP contribution in [-0.2, 0) is 0 Å². The number of piperidine rings is 1. The molecule has 3 N–H and O–H groups in total. The maximum Gasteiger partial charge on any atom is 0.160 e. The number of nitrogens with zero attached hydrogens (tertiary/aromatic N) is 3. The molecule has 2 aliphatic heterocycles. The number of hydrazine groups is 1. The highest BCUT2D eigenvalue weighted by atomic mass is 32.1. The fourth-order valence-corrected chi connectivity index (χ4v) is 4.67. The van der Waals surface area contributed by atoms with E-state index < -0.39 is 0 Å². The third kappa shape index (κ3) is 4.02. The number of allylic oxidation sites excluding steroid dienone is 1. The highest BCUT2D eigenvalue weighted by molar-refractivity contribution is 7.90. The molecule has 0 saturated carbocycles. The third-order valence-corrected chi connectivity index (χ3v) is 6.46. The van der Waals surface area contributed by atoms with Gasteiger partial charge in [-0.15, -0.1) is 12.6 Å². The van der Waals surface area contributed by atoms with Crippen molar-refractivity contribution in [2.45, 2.75) is 18.8 Å². The number of aromatic nitrogens is 1. The summed E-state index contributed by atoms with van der Waals surface area (Å²) in [4.78, 5) is 9.79. The Hall–Kier alpha value is -2.93. The molecular weight excluding hydrogens is 402 g/mol. The van der Waals surface area contributed by atoms with Gasteiger partial charge in [-0.3, -0.25) is 9.99 Å². The molecule has 31 heavy (non-hydrogen) atoms. The Morgan fingerprint density at radius 3 is 2.58 bits per heavy atom. The number of hydrogen-bond donors (Lipinski definition) is 3. The topological polar surface area (TPSA) is 66.5 Å². The predicted octanol–water partition coefficient (Wildman–Crippen LogP) is 4.56. The van der Waals surface area contributed by atoms with Gasteiger partial charge in [0.2, 0.25) is 0 Å². The van der Waals surface area contributed by atoms with E-state index in [-0.39, 0.29) is 0 Å². The highest BCUT2D eigenvalue weighted by Gasteiger charge is 2.18. The first kappa shape index (κ1) is 20.0. The van der Waals surface area contributed by atoms with E-state index in [9.17, 15) is 0 Å². The van der Waals surface area contributed by atoms with Gasteiger partial charge < -0.3 is 5.32 Å². The van der Waals surface area contributed by atoms with Crippen molar-refractivity contribution in [3.8, 4) is 0 Å². The fourth-order valence-electron chi connectivity index (χ4n) is 4.30. The van der Waals surface area contributed by atoms with Crippen LogP contribution in [0.25, 0.3) is 21.4 Å². The van der Waals surface area contributed by atoms with Crippen molar-refractivity contribution in [3.63, 3.8) is 0 Å². The molecule has 6 heteroatoms. The van der Waals surface area contributed by atoms with Crippen LogP contribution >= 0.6 is 12.6 Å². The zero-order valence-electron chi connectivity index (χ0n) is 17.2. The molecule has 0 spiro atoms. The molecular formula is C25H25N5S. The largest absolute Gasteiger partial charge is 0.317 e. The lowest BCUT2D eigenvalue weighted by Gasteiger charge is -2.24. The van der Waals surface area contributed by atoms with Crippen LogP contribution in [0.5, 0.6) is 0 Å². The van der Waals surface area contributed by atoms with Crippen molar-refractivity contribution >= 4 is 40.2 Å². The maximum atomic E-state index is 6.35. The van der Waals surface area contributed by atoms with E-state index in [1.165, 1.54) is 18.4 Å². The first-order chi connectivity index (χ1) is 15.2. The van der Waals surface area contributed by atoms with Crippen LogP contribution in [0.15, 0.2) is 77.8 Å². The molecule has 1 fully saturated rings. The summed E-state index contributed by atoms with van der Waals surface area (Å²) in [7, 11) is 0. The number of nitrogens with one attached hydrogen (secondary N) is 1. The number of thiol groups is 1. The number of rotatable bonds is 3. The minimum Gasteiger partial charge on any atom is -0.317 e. The summed E-state index contributed by atoms with van der Waals surface area (Å²) < 4.78 is 0. The van der Waals surface area contributed by atoms with Crippen molar-refractivity contribution in [2.24, 2.45) is 10.8 Å². The van der Waals surface area contributed by atoms with E-state index in [0.29, 0.717) is 16.6 Å². The molecule has 1 aromatic heterocycles. The number of fused-ring (bicyclic) bond motifs is 1. The number of pyridine rings is 1. The molecule has 0 unspecified atom stereocenters. The normalized spacial score (nSPS) is 18.9. The van der Waals surface area contributed by atoms with E-state index in [4.69, 9.17) is 18.5 Å². The van der Waals surface area contributed by atoms with Crippen LogP contribution < -0.4 is 11.2 Å². The summed E-state index contributed by atoms with van der Waals surface area (Å²) in [6, 6.07) is 18.7. The first-order valence-electron chi connectivity index (χ1n) is 10.6. The van der Waals surface area contributed by atoms with E-state index >= 15 is 0 Å². The van der Waals surface area contributed by atoms with Gasteiger partial charge in [0.1, 0.15) is 0 Å². The summed E-state index contributed by atoms with van der Waals surface area (Å²) >= 11 is 4.77. The van der Waals surface area contributed by atoms with Crippen LogP contribution in [0.1, 0.15) is 35.4 Å². The Labute approximate surface area is 187 Å². The van der Waals surface area contributed by atoms with Crippen LogP contribution in [0.3, 0.4) is 0 Å². The molecule has 2 aromatic carbocycles. The molecule has 5 nitrogen and oxygen atoms in total. The molecule has 0 bridgehead atoms. The molecule has 3 aromatic rings. The number of benzene rings is 2. The quantitative estimate of drug-likeness (QED) is 0.424. The lowest BCUT2D eigenvalue weighted by molar-refractivity contribution is 0.460. The number of hydrogen-bond acceptors (Lipinski definition) is 6. The van der Waals surface area contributed by atoms with Gasteiger partial charge in [0.15, 0.2) is 5.82 Å². The number of nitrogens with two attached hydrogens (primary N) is 1. The zero-order chi connectivity index (χ0) is 21.2. The second kappa shape index (κ2) is 8.67. The minimum atomic E-state index is 0.606. The lowest BCUT2D eigenvalue weighted by atomic mass is 9.89. The van der Waals surface area contributed by atoms with Gasteiger partial charge in [0, 0.05) is 35.1 Å². The molecule has 1 saturated heterocycles. The van der Waals surface area contributed by atoms with Gasteiger partial charge in [-0.2, -0.15) is 0 Å². The summed E-state index contributed by atoms with van der Waals surface area (Å²) in [5, 5.41) is 6.00.